The second kappa shape index (κ2) is 7.16. The van der Waals surface area contributed by atoms with Gasteiger partial charge in [0.25, 0.3) is 5.91 Å². The second-order valence-corrected chi connectivity index (χ2v) is 7.31. The van der Waals surface area contributed by atoms with Crippen molar-refractivity contribution in [2.75, 3.05) is 14.2 Å². The first-order valence-electron chi connectivity index (χ1n) is 9.71. The Morgan fingerprint density at radius 1 is 1.10 bits per heavy atom. The number of nitrogens with one attached hydrogen (secondary N) is 2. The Bertz CT molecular complexity index is 1140. The van der Waals surface area contributed by atoms with Gasteiger partial charge in [-0.05, 0) is 24.6 Å². The van der Waals surface area contributed by atoms with Crippen molar-refractivity contribution in [2.24, 2.45) is 0 Å². The molecule has 2 N–H and O–H groups in total. The molecule has 154 valence electrons. The number of hydrogen-bond donors (Lipinski definition) is 2. The van der Waals surface area contributed by atoms with E-state index in [1.54, 1.807) is 25.3 Å². The molecule has 8 heteroatoms. The highest BCUT2D eigenvalue weighted by Gasteiger charge is 2.49. The van der Waals surface area contributed by atoms with Gasteiger partial charge in [-0.3, -0.25) is 4.79 Å². The lowest BCUT2D eigenvalue weighted by Crippen LogP contribution is -2.54. The van der Waals surface area contributed by atoms with Gasteiger partial charge < -0.3 is 19.2 Å². The first-order valence-corrected chi connectivity index (χ1v) is 9.71. The molecule has 2 aromatic carbocycles. The van der Waals surface area contributed by atoms with Crippen LogP contribution in [-0.4, -0.2) is 42.5 Å². The number of nitrogens with zero attached hydrogens (tertiary/aromatic N) is 2. The lowest BCUT2D eigenvalue weighted by molar-refractivity contribution is -0.131. The SMILES string of the molecule is COc1cccc2oc(C3=C(C)NC4C(c5ccccc5)C(OC)NN4C3=O)nc12. The van der Waals surface area contributed by atoms with Crippen molar-refractivity contribution in [3.05, 3.63) is 65.7 Å². The molecule has 0 saturated carbocycles. The average Bonchev–Trinajstić information content (AvgIpc) is 3.35. The Labute approximate surface area is 173 Å². The third kappa shape index (κ3) is 2.76. The van der Waals surface area contributed by atoms with Crippen LogP contribution < -0.4 is 15.5 Å². The molecule has 5 rings (SSSR count). The monoisotopic (exact) mass is 406 g/mol. The number of hydrogen-bond acceptors (Lipinski definition) is 7. The summed E-state index contributed by atoms with van der Waals surface area (Å²) in [6.07, 6.45) is -0.655. The molecule has 2 aliphatic heterocycles. The molecule has 1 fully saturated rings. The van der Waals surface area contributed by atoms with Crippen LogP contribution in [0.25, 0.3) is 16.7 Å². The summed E-state index contributed by atoms with van der Waals surface area (Å²) in [5.74, 6) is 0.544. The summed E-state index contributed by atoms with van der Waals surface area (Å²) < 4.78 is 16.9. The number of methoxy groups -OCH3 is 2. The van der Waals surface area contributed by atoms with E-state index in [0.717, 1.165) is 5.56 Å². The minimum absolute atomic E-state index is 0.0830. The zero-order valence-corrected chi connectivity index (χ0v) is 16.9. The number of fused-ring (bicyclic) bond motifs is 2. The van der Waals surface area contributed by atoms with E-state index >= 15 is 0 Å². The van der Waals surface area contributed by atoms with Crippen molar-refractivity contribution in [2.45, 2.75) is 25.2 Å². The van der Waals surface area contributed by atoms with Gasteiger partial charge in [-0.15, -0.1) is 0 Å². The molecule has 30 heavy (non-hydrogen) atoms. The van der Waals surface area contributed by atoms with Gasteiger partial charge in [-0.1, -0.05) is 36.4 Å². The number of para-hydroxylation sites is 1. The Hall–Kier alpha value is -3.36. The molecule has 0 aliphatic carbocycles. The third-order valence-electron chi connectivity index (χ3n) is 5.64. The predicted molar refractivity (Wildman–Crippen MR) is 110 cm³/mol. The van der Waals surface area contributed by atoms with Crippen LogP contribution in [0.2, 0.25) is 0 Å². The van der Waals surface area contributed by atoms with Gasteiger partial charge in [0, 0.05) is 12.8 Å². The van der Waals surface area contributed by atoms with Crippen molar-refractivity contribution in [1.29, 1.82) is 0 Å². The van der Waals surface area contributed by atoms with Gasteiger partial charge in [0.2, 0.25) is 5.89 Å². The van der Waals surface area contributed by atoms with Crippen molar-refractivity contribution in [1.82, 2.24) is 20.7 Å². The maximum atomic E-state index is 13.5. The van der Waals surface area contributed by atoms with E-state index in [9.17, 15) is 4.79 Å². The van der Waals surface area contributed by atoms with Crippen molar-refractivity contribution >= 4 is 22.6 Å². The number of oxazole rings is 1. The average molecular weight is 406 g/mol. The van der Waals surface area contributed by atoms with E-state index in [2.05, 4.69) is 15.7 Å². The van der Waals surface area contributed by atoms with Gasteiger partial charge in [0.15, 0.2) is 11.1 Å². The van der Waals surface area contributed by atoms with E-state index < -0.39 is 0 Å². The van der Waals surface area contributed by atoms with Crippen LogP contribution in [0.1, 0.15) is 24.3 Å². The summed E-state index contributed by atoms with van der Waals surface area (Å²) in [6.45, 7) is 1.86. The lowest BCUT2D eigenvalue weighted by atomic mass is 9.94. The number of aromatic nitrogens is 1. The highest BCUT2D eigenvalue weighted by atomic mass is 16.5. The fraction of sp³-hybridized carbons (Fsp3) is 0.273. The lowest BCUT2D eigenvalue weighted by Gasteiger charge is -2.33. The van der Waals surface area contributed by atoms with Crippen LogP contribution in [-0.2, 0) is 9.53 Å². The number of amides is 1. The van der Waals surface area contributed by atoms with Crippen molar-refractivity contribution in [3.8, 4) is 5.75 Å². The van der Waals surface area contributed by atoms with Crippen LogP contribution >= 0.6 is 0 Å². The minimum Gasteiger partial charge on any atom is -0.494 e. The zero-order valence-electron chi connectivity index (χ0n) is 16.9. The molecule has 0 radical (unpaired) electrons. The van der Waals surface area contributed by atoms with Crippen LogP contribution in [0.5, 0.6) is 5.75 Å². The first kappa shape index (κ1) is 18.7. The van der Waals surface area contributed by atoms with E-state index in [1.165, 1.54) is 0 Å². The van der Waals surface area contributed by atoms with Crippen LogP contribution in [0.15, 0.2) is 58.6 Å². The van der Waals surface area contributed by atoms with Gasteiger partial charge in [0.05, 0.1) is 13.0 Å². The summed E-state index contributed by atoms with van der Waals surface area (Å²) in [5.41, 5.74) is 6.48. The van der Waals surface area contributed by atoms with Crippen molar-refractivity contribution < 1.29 is 18.7 Å². The number of carbonyl (C=O) groups excluding carboxylic acids is 1. The predicted octanol–water partition coefficient (Wildman–Crippen LogP) is 2.60. The summed E-state index contributed by atoms with van der Waals surface area (Å²) >= 11 is 0. The first-order chi connectivity index (χ1) is 14.6. The Kier molecular flexibility index (Phi) is 4.45. The maximum absolute atomic E-state index is 13.5. The number of rotatable bonds is 4. The Morgan fingerprint density at radius 3 is 2.63 bits per heavy atom. The summed E-state index contributed by atoms with van der Waals surface area (Å²) in [5, 5.41) is 5.02. The number of hydrazine groups is 1. The van der Waals surface area contributed by atoms with Crippen molar-refractivity contribution in [3.63, 3.8) is 0 Å². The molecule has 3 unspecified atom stereocenters. The molecule has 3 atom stereocenters. The summed E-state index contributed by atoms with van der Waals surface area (Å²) in [7, 11) is 3.21. The van der Waals surface area contributed by atoms with Gasteiger partial charge >= 0.3 is 0 Å². The fourth-order valence-electron chi connectivity index (χ4n) is 4.22. The molecule has 3 heterocycles. The quantitative estimate of drug-likeness (QED) is 0.688. The fourth-order valence-corrected chi connectivity index (χ4v) is 4.22. The maximum Gasteiger partial charge on any atom is 0.277 e. The normalized spacial score (nSPS) is 23.6. The Morgan fingerprint density at radius 2 is 1.90 bits per heavy atom. The summed E-state index contributed by atoms with van der Waals surface area (Å²) in [4.78, 5) is 18.0. The zero-order chi connectivity index (χ0) is 20.8. The van der Waals surface area contributed by atoms with Gasteiger partial charge in [-0.2, -0.15) is 0 Å². The van der Waals surface area contributed by atoms with Crippen LogP contribution in [0.3, 0.4) is 0 Å². The highest BCUT2D eigenvalue weighted by Crippen LogP contribution is 2.38. The number of benzene rings is 2. The molecule has 3 aromatic rings. The molecular formula is C22H22N4O4. The second-order valence-electron chi connectivity index (χ2n) is 7.31. The smallest absolute Gasteiger partial charge is 0.277 e. The molecule has 2 aliphatic rings. The standard InChI is InChI=1S/C22H22N4O4/c1-12-16(20-24-18-14(28-2)10-7-11-15(18)30-20)22(27)26-19(23-12)17(21(25-26)29-3)13-8-5-4-6-9-13/h4-11,17,19,21,23,25H,1-3H3. The van der Waals surface area contributed by atoms with E-state index in [0.29, 0.717) is 28.1 Å². The van der Waals surface area contributed by atoms with E-state index in [1.807, 2.05) is 49.4 Å². The van der Waals surface area contributed by atoms with Crippen LogP contribution in [0, 0.1) is 0 Å². The summed E-state index contributed by atoms with van der Waals surface area (Å²) in [6, 6.07) is 15.4. The molecule has 1 aromatic heterocycles. The highest BCUT2D eigenvalue weighted by molar-refractivity contribution is 6.20. The minimum atomic E-state index is -0.357. The largest absolute Gasteiger partial charge is 0.494 e. The van der Waals surface area contributed by atoms with E-state index in [4.69, 9.17) is 13.9 Å². The molecular weight excluding hydrogens is 384 g/mol. The molecule has 0 spiro atoms. The molecule has 1 saturated heterocycles. The Balaban J connectivity index is 1.56. The number of carbonyl (C=O) groups is 1. The topological polar surface area (TPSA) is 88.9 Å². The third-order valence-corrected chi connectivity index (χ3v) is 5.64. The van der Waals surface area contributed by atoms with Crippen LogP contribution in [0.4, 0.5) is 0 Å². The van der Waals surface area contributed by atoms with E-state index in [-0.39, 0.29) is 30.1 Å². The van der Waals surface area contributed by atoms with Gasteiger partial charge in [-0.25, -0.2) is 15.4 Å². The number of allylic oxidation sites excluding steroid dienone is 1. The molecule has 1 amide bonds. The molecule has 0 bridgehead atoms. The number of ether oxygens (including phenoxy) is 2. The van der Waals surface area contributed by atoms with Gasteiger partial charge in [0.1, 0.15) is 23.7 Å². The molecule has 8 nitrogen and oxygen atoms in total.